The Hall–Kier alpha value is -1.23. The van der Waals surface area contributed by atoms with Crippen LogP contribution in [0.1, 0.15) is 25.7 Å². The van der Waals surface area contributed by atoms with Crippen LogP contribution in [0.2, 0.25) is 0 Å². The maximum absolute atomic E-state index is 6.01. The Morgan fingerprint density at radius 1 is 1.22 bits per heavy atom. The van der Waals surface area contributed by atoms with Crippen molar-refractivity contribution in [2.45, 2.75) is 31.7 Å². The van der Waals surface area contributed by atoms with Gasteiger partial charge in [0.2, 0.25) is 0 Å². The molecule has 1 aromatic rings. The summed E-state index contributed by atoms with van der Waals surface area (Å²) in [6, 6.07) is 0.701. The quantitative estimate of drug-likeness (QED) is 0.851. The van der Waals surface area contributed by atoms with Crippen LogP contribution >= 0.6 is 0 Å². The average Bonchev–Trinajstić information content (AvgIpc) is 2.97. The highest BCUT2D eigenvalue weighted by Gasteiger charge is 2.30. The van der Waals surface area contributed by atoms with Crippen molar-refractivity contribution < 1.29 is 0 Å². The standard InChI is InChI=1S/C13H23N5/c1-16-10-12(14)13(15-16)18-8-5-11(9-18)17-6-3-2-4-7-17/h10-11H,2-9,14H2,1H3. The molecule has 5 heteroatoms. The zero-order valence-corrected chi connectivity index (χ0v) is 11.2. The topological polar surface area (TPSA) is 50.3 Å². The molecular weight excluding hydrogens is 226 g/mol. The number of aryl methyl sites for hydroxylation is 1. The number of aromatic nitrogens is 2. The third kappa shape index (κ3) is 2.19. The number of anilines is 2. The molecule has 2 saturated heterocycles. The van der Waals surface area contributed by atoms with Gasteiger partial charge in [-0.05, 0) is 32.4 Å². The van der Waals surface area contributed by atoms with E-state index in [9.17, 15) is 0 Å². The van der Waals surface area contributed by atoms with Crippen molar-refractivity contribution in [2.75, 3.05) is 36.8 Å². The minimum atomic E-state index is 0.701. The largest absolute Gasteiger partial charge is 0.394 e. The smallest absolute Gasteiger partial charge is 0.173 e. The first kappa shape index (κ1) is 11.8. The first-order valence-corrected chi connectivity index (χ1v) is 7.02. The lowest BCUT2D eigenvalue weighted by molar-refractivity contribution is 0.175. The number of nitrogens with two attached hydrogens (primary N) is 1. The van der Waals surface area contributed by atoms with E-state index in [0.29, 0.717) is 6.04 Å². The van der Waals surface area contributed by atoms with Gasteiger partial charge in [0.1, 0.15) is 0 Å². The molecule has 100 valence electrons. The van der Waals surface area contributed by atoms with Gasteiger partial charge in [-0.3, -0.25) is 9.58 Å². The van der Waals surface area contributed by atoms with E-state index in [4.69, 9.17) is 5.73 Å². The first-order valence-electron chi connectivity index (χ1n) is 7.02. The lowest BCUT2D eigenvalue weighted by atomic mass is 10.1. The maximum atomic E-state index is 6.01. The summed E-state index contributed by atoms with van der Waals surface area (Å²) >= 11 is 0. The molecule has 0 amide bonds. The van der Waals surface area contributed by atoms with Crippen LogP contribution in [0.15, 0.2) is 6.20 Å². The Morgan fingerprint density at radius 2 is 2.00 bits per heavy atom. The van der Waals surface area contributed by atoms with Gasteiger partial charge in [0.25, 0.3) is 0 Å². The molecule has 2 aliphatic rings. The van der Waals surface area contributed by atoms with E-state index in [1.165, 1.54) is 38.8 Å². The van der Waals surface area contributed by atoms with Crippen LogP contribution in [0.25, 0.3) is 0 Å². The lowest BCUT2D eigenvalue weighted by Gasteiger charge is -2.32. The van der Waals surface area contributed by atoms with Crippen LogP contribution in [0.4, 0.5) is 11.5 Å². The van der Waals surface area contributed by atoms with Crippen LogP contribution < -0.4 is 10.6 Å². The molecule has 3 rings (SSSR count). The summed E-state index contributed by atoms with van der Waals surface area (Å²) in [7, 11) is 1.93. The third-order valence-corrected chi connectivity index (χ3v) is 4.21. The second-order valence-electron chi connectivity index (χ2n) is 5.57. The van der Waals surface area contributed by atoms with Crippen molar-refractivity contribution in [3.05, 3.63) is 6.20 Å². The van der Waals surface area contributed by atoms with Gasteiger partial charge in [-0.15, -0.1) is 0 Å². The maximum Gasteiger partial charge on any atom is 0.173 e. The van der Waals surface area contributed by atoms with Crippen LogP contribution in [0, 0.1) is 0 Å². The Kier molecular flexibility index (Phi) is 3.16. The summed E-state index contributed by atoms with van der Waals surface area (Å²) in [4.78, 5) is 5.00. The van der Waals surface area contributed by atoms with Crippen molar-refractivity contribution in [1.82, 2.24) is 14.7 Å². The van der Waals surface area contributed by atoms with Gasteiger partial charge in [0, 0.05) is 32.4 Å². The second-order valence-corrected chi connectivity index (χ2v) is 5.57. The van der Waals surface area contributed by atoms with Gasteiger partial charge in [-0.25, -0.2) is 0 Å². The zero-order chi connectivity index (χ0) is 12.5. The average molecular weight is 249 g/mol. The molecule has 3 heterocycles. The molecular formula is C13H23N5. The fourth-order valence-electron chi connectivity index (χ4n) is 3.26. The predicted molar refractivity (Wildman–Crippen MR) is 73.7 cm³/mol. The molecule has 0 aliphatic carbocycles. The summed E-state index contributed by atoms with van der Waals surface area (Å²) < 4.78 is 1.80. The summed E-state index contributed by atoms with van der Waals surface area (Å²) in [5.41, 5.74) is 6.81. The summed E-state index contributed by atoms with van der Waals surface area (Å²) in [5, 5.41) is 4.47. The molecule has 0 bridgehead atoms. The van der Waals surface area contributed by atoms with Crippen LogP contribution in [0.3, 0.4) is 0 Å². The number of hydrogen-bond donors (Lipinski definition) is 1. The van der Waals surface area contributed by atoms with Gasteiger partial charge in [0.15, 0.2) is 5.82 Å². The lowest BCUT2D eigenvalue weighted by Crippen LogP contribution is -2.41. The van der Waals surface area contributed by atoms with Gasteiger partial charge in [-0.2, -0.15) is 5.10 Å². The second kappa shape index (κ2) is 4.80. The van der Waals surface area contributed by atoms with E-state index in [2.05, 4.69) is 14.9 Å². The van der Waals surface area contributed by atoms with Crippen molar-refractivity contribution in [3.8, 4) is 0 Å². The molecule has 2 fully saturated rings. The van der Waals surface area contributed by atoms with Crippen molar-refractivity contribution in [3.63, 3.8) is 0 Å². The number of hydrogen-bond acceptors (Lipinski definition) is 4. The van der Waals surface area contributed by atoms with E-state index >= 15 is 0 Å². The number of nitrogens with zero attached hydrogens (tertiary/aromatic N) is 4. The molecule has 5 nitrogen and oxygen atoms in total. The van der Waals surface area contributed by atoms with E-state index in [-0.39, 0.29) is 0 Å². The molecule has 2 aliphatic heterocycles. The monoisotopic (exact) mass is 249 g/mol. The van der Waals surface area contributed by atoms with Gasteiger partial charge < -0.3 is 10.6 Å². The molecule has 1 atom stereocenters. The van der Waals surface area contributed by atoms with Crippen molar-refractivity contribution in [2.24, 2.45) is 7.05 Å². The summed E-state index contributed by atoms with van der Waals surface area (Å²) in [6.45, 7) is 4.72. The van der Waals surface area contributed by atoms with Crippen LogP contribution in [-0.2, 0) is 7.05 Å². The first-order chi connectivity index (χ1) is 8.74. The molecule has 0 spiro atoms. The van der Waals surface area contributed by atoms with E-state index < -0.39 is 0 Å². The SMILES string of the molecule is Cn1cc(N)c(N2CCC(N3CCCCC3)C2)n1. The molecule has 0 saturated carbocycles. The summed E-state index contributed by atoms with van der Waals surface area (Å²) in [5.74, 6) is 0.969. The molecule has 0 aromatic carbocycles. The predicted octanol–water partition coefficient (Wildman–Crippen LogP) is 1.07. The highest BCUT2D eigenvalue weighted by atomic mass is 15.4. The number of rotatable bonds is 2. The highest BCUT2D eigenvalue weighted by Crippen LogP contribution is 2.27. The molecule has 0 radical (unpaired) electrons. The number of nitrogen functional groups attached to an aromatic ring is 1. The Morgan fingerprint density at radius 3 is 2.67 bits per heavy atom. The van der Waals surface area contributed by atoms with Crippen LogP contribution in [-0.4, -0.2) is 46.9 Å². The van der Waals surface area contributed by atoms with Gasteiger partial charge >= 0.3 is 0 Å². The number of piperidine rings is 1. The van der Waals surface area contributed by atoms with E-state index in [1.807, 2.05) is 13.2 Å². The zero-order valence-electron chi connectivity index (χ0n) is 11.2. The Labute approximate surface area is 109 Å². The molecule has 18 heavy (non-hydrogen) atoms. The van der Waals surface area contributed by atoms with E-state index in [1.54, 1.807) is 4.68 Å². The van der Waals surface area contributed by atoms with Crippen molar-refractivity contribution >= 4 is 11.5 Å². The fraction of sp³-hybridized carbons (Fsp3) is 0.769. The normalized spacial score (nSPS) is 25.8. The highest BCUT2D eigenvalue weighted by molar-refractivity contribution is 5.62. The molecule has 2 N–H and O–H groups in total. The van der Waals surface area contributed by atoms with Crippen molar-refractivity contribution in [1.29, 1.82) is 0 Å². The molecule has 1 aromatic heterocycles. The minimum Gasteiger partial charge on any atom is -0.394 e. The molecule has 1 unspecified atom stereocenters. The van der Waals surface area contributed by atoms with Gasteiger partial charge in [-0.1, -0.05) is 6.42 Å². The summed E-state index contributed by atoms with van der Waals surface area (Å²) in [6.07, 6.45) is 7.27. The Bertz CT molecular complexity index is 408. The van der Waals surface area contributed by atoms with E-state index in [0.717, 1.165) is 24.6 Å². The van der Waals surface area contributed by atoms with Gasteiger partial charge in [0.05, 0.1) is 5.69 Å². The third-order valence-electron chi connectivity index (χ3n) is 4.21. The van der Waals surface area contributed by atoms with Crippen LogP contribution in [0.5, 0.6) is 0 Å². The fourth-order valence-corrected chi connectivity index (χ4v) is 3.26. The number of likely N-dealkylation sites (tertiary alicyclic amines) is 1. The minimum absolute atomic E-state index is 0.701. The Balaban J connectivity index is 1.65.